The first-order chi connectivity index (χ1) is 17.4. The number of hydrogen-bond acceptors (Lipinski definition) is 5. The molecular weight excluding hydrogens is 534 g/mol. The molecule has 0 aliphatic carbocycles. The predicted octanol–water partition coefficient (Wildman–Crippen LogP) is 6.84. The Balaban J connectivity index is 1.89. The number of hydrogen-bond donors (Lipinski definition) is 1. The van der Waals surface area contributed by atoms with Crippen LogP contribution in [0.3, 0.4) is 0 Å². The second-order valence-corrected chi connectivity index (χ2v) is 8.91. The molecule has 1 saturated heterocycles. The van der Waals surface area contributed by atoms with E-state index in [2.05, 4.69) is 4.74 Å². The summed E-state index contributed by atoms with van der Waals surface area (Å²) >= 11 is 12.4. The Morgan fingerprint density at radius 1 is 1.00 bits per heavy atom. The summed E-state index contributed by atoms with van der Waals surface area (Å²) in [5.41, 5.74) is 1.24. The predicted molar refractivity (Wildman–Crippen MR) is 132 cm³/mol. The molecule has 3 aromatic rings. The molecule has 1 fully saturated rings. The topological polar surface area (TPSA) is 76.1 Å². The van der Waals surface area contributed by atoms with Crippen molar-refractivity contribution < 1.29 is 37.3 Å². The molecule has 6 nitrogen and oxygen atoms in total. The number of aryl methyl sites for hydroxylation is 1. The number of aliphatic hydroxyl groups excluding tert-OH is 1. The lowest BCUT2D eigenvalue weighted by Gasteiger charge is -2.26. The summed E-state index contributed by atoms with van der Waals surface area (Å²) in [6.45, 7) is 1.81. The highest BCUT2D eigenvalue weighted by Gasteiger charge is 2.47. The van der Waals surface area contributed by atoms with Crippen molar-refractivity contribution in [3.05, 3.63) is 93.0 Å². The number of carbonyl (C=O) groups is 2. The van der Waals surface area contributed by atoms with E-state index in [1.807, 2.05) is 13.0 Å². The number of aliphatic hydroxyl groups is 1. The monoisotopic (exact) mass is 551 g/mol. The highest BCUT2D eigenvalue weighted by molar-refractivity contribution is 6.51. The molecule has 1 aliphatic heterocycles. The molecular formula is C26H18Cl2F3NO5. The molecule has 192 valence electrons. The van der Waals surface area contributed by atoms with Gasteiger partial charge in [0.1, 0.15) is 11.5 Å². The van der Waals surface area contributed by atoms with Gasteiger partial charge >= 0.3 is 6.36 Å². The fourth-order valence-electron chi connectivity index (χ4n) is 4.11. The Kier molecular flexibility index (Phi) is 7.12. The maximum atomic E-state index is 13.2. The lowest BCUT2D eigenvalue weighted by atomic mass is 9.94. The van der Waals surface area contributed by atoms with Crippen molar-refractivity contribution in [3.8, 4) is 11.5 Å². The van der Waals surface area contributed by atoms with Crippen LogP contribution >= 0.6 is 23.2 Å². The fourth-order valence-corrected chi connectivity index (χ4v) is 4.75. The molecule has 0 spiro atoms. The summed E-state index contributed by atoms with van der Waals surface area (Å²) < 4.78 is 46.8. The second-order valence-electron chi connectivity index (χ2n) is 8.10. The van der Waals surface area contributed by atoms with Gasteiger partial charge in [-0.1, -0.05) is 53.0 Å². The van der Waals surface area contributed by atoms with E-state index in [0.717, 1.165) is 22.6 Å². The number of amides is 1. The number of alkyl halides is 3. The van der Waals surface area contributed by atoms with Crippen LogP contribution in [0.2, 0.25) is 10.0 Å². The number of anilines is 1. The van der Waals surface area contributed by atoms with E-state index in [9.17, 15) is 27.9 Å². The number of carbonyl (C=O) groups excluding carboxylic acids is 2. The van der Waals surface area contributed by atoms with Crippen molar-refractivity contribution in [2.75, 3.05) is 12.0 Å². The van der Waals surface area contributed by atoms with Gasteiger partial charge in [-0.05, 0) is 48.9 Å². The molecule has 37 heavy (non-hydrogen) atoms. The molecule has 11 heteroatoms. The van der Waals surface area contributed by atoms with Gasteiger partial charge in [-0.3, -0.25) is 14.5 Å². The number of nitrogens with zero attached hydrogens (tertiary/aromatic N) is 1. The standard InChI is InChI=1S/C26H18Cl2F3NO5/c1-13-4-3-5-14(10-13)21-20(22(33)15-11-18(27)24(36-2)19(28)12-15)23(34)25(35)32(21)16-6-8-17(9-7-16)37-26(29,30)31/h3-12,21,33H,1-2H3/b22-20+. The number of benzene rings is 3. The van der Waals surface area contributed by atoms with Gasteiger partial charge in [0.2, 0.25) is 0 Å². The van der Waals surface area contributed by atoms with E-state index in [0.29, 0.717) is 5.56 Å². The summed E-state index contributed by atoms with van der Waals surface area (Å²) in [5.74, 6) is -2.85. The largest absolute Gasteiger partial charge is 0.573 e. The maximum absolute atomic E-state index is 13.2. The van der Waals surface area contributed by atoms with Gasteiger partial charge in [0.05, 0.1) is 28.8 Å². The lowest BCUT2D eigenvalue weighted by molar-refractivity contribution is -0.274. The number of rotatable bonds is 5. The smallest absolute Gasteiger partial charge is 0.507 e. The second kappa shape index (κ2) is 9.99. The van der Waals surface area contributed by atoms with E-state index >= 15 is 0 Å². The fraction of sp³-hybridized carbons (Fsp3) is 0.154. The molecule has 1 aliphatic rings. The zero-order valence-electron chi connectivity index (χ0n) is 19.3. The van der Waals surface area contributed by atoms with E-state index in [4.69, 9.17) is 27.9 Å². The van der Waals surface area contributed by atoms with Crippen LogP contribution in [-0.2, 0) is 9.59 Å². The van der Waals surface area contributed by atoms with Crippen LogP contribution in [0.5, 0.6) is 11.5 Å². The van der Waals surface area contributed by atoms with Gasteiger partial charge in [0, 0.05) is 11.3 Å². The Hall–Kier alpha value is -3.69. The average Bonchev–Trinajstić information content (AvgIpc) is 3.08. The first-order valence-electron chi connectivity index (χ1n) is 10.7. The zero-order chi connectivity index (χ0) is 27.1. The molecule has 0 saturated carbocycles. The first-order valence-corrected chi connectivity index (χ1v) is 11.4. The van der Waals surface area contributed by atoms with Crippen molar-refractivity contribution in [2.45, 2.75) is 19.3 Å². The summed E-state index contributed by atoms with van der Waals surface area (Å²) in [6, 6.07) is 13.0. The third-order valence-electron chi connectivity index (χ3n) is 5.63. The minimum atomic E-state index is -4.90. The highest BCUT2D eigenvalue weighted by Crippen LogP contribution is 2.44. The Labute approximate surface area is 219 Å². The van der Waals surface area contributed by atoms with Crippen LogP contribution in [-0.4, -0.2) is 30.3 Å². The van der Waals surface area contributed by atoms with E-state index in [1.165, 1.54) is 31.4 Å². The van der Waals surface area contributed by atoms with Crippen molar-refractivity contribution in [1.82, 2.24) is 0 Å². The van der Waals surface area contributed by atoms with Gasteiger partial charge in [-0.25, -0.2) is 0 Å². The average molecular weight is 552 g/mol. The van der Waals surface area contributed by atoms with Crippen molar-refractivity contribution >= 4 is 46.3 Å². The molecule has 1 N–H and O–H groups in total. The van der Waals surface area contributed by atoms with Crippen molar-refractivity contribution in [3.63, 3.8) is 0 Å². The molecule has 1 unspecified atom stereocenters. The maximum Gasteiger partial charge on any atom is 0.573 e. The summed E-state index contributed by atoms with van der Waals surface area (Å²) in [5, 5.41) is 11.4. The van der Waals surface area contributed by atoms with Gasteiger partial charge in [0.15, 0.2) is 5.75 Å². The number of methoxy groups -OCH3 is 1. The molecule has 3 aromatic carbocycles. The molecule has 1 atom stereocenters. The van der Waals surface area contributed by atoms with Crippen LogP contribution in [0, 0.1) is 6.92 Å². The van der Waals surface area contributed by atoms with Gasteiger partial charge in [-0.2, -0.15) is 0 Å². The number of Topliss-reactive ketones (excluding diaryl/α,β-unsaturated/α-hetero) is 1. The van der Waals surface area contributed by atoms with Gasteiger partial charge in [-0.15, -0.1) is 13.2 Å². The molecule has 4 rings (SSSR count). The Bertz CT molecular complexity index is 1400. The van der Waals surface area contributed by atoms with Crippen LogP contribution in [0.15, 0.2) is 66.2 Å². The quantitative estimate of drug-likeness (QED) is 0.213. The number of ketones is 1. The van der Waals surface area contributed by atoms with Crippen molar-refractivity contribution in [1.29, 1.82) is 0 Å². The third-order valence-corrected chi connectivity index (χ3v) is 6.19. The summed E-state index contributed by atoms with van der Waals surface area (Å²) in [4.78, 5) is 27.6. The lowest BCUT2D eigenvalue weighted by Crippen LogP contribution is -2.29. The molecule has 0 aromatic heterocycles. The van der Waals surface area contributed by atoms with Crippen LogP contribution in [0.25, 0.3) is 5.76 Å². The SMILES string of the molecule is COc1c(Cl)cc(/C(O)=C2\C(=O)C(=O)N(c3ccc(OC(F)(F)F)cc3)C2c2cccc(C)c2)cc1Cl. The minimum absolute atomic E-state index is 0.0677. The number of ether oxygens (including phenoxy) is 2. The van der Waals surface area contributed by atoms with Gasteiger partial charge < -0.3 is 14.6 Å². The number of halogens is 5. The normalized spacial score (nSPS) is 17.3. The molecule has 0 radical (unpaired) electrons. The van der Waals surface area contributed by atoms with E-state index in [-0.39, 0.29) is 32.6 Å². The Morgan fingerprint density at radius 2 is 1.62 bits per heavy atom. The zero-order valence-corrected chi connectivity index (χ0v) is 20.8. The molecule has 1 heterocycles. The van der Waals surface area contributed by atoms with E-state index < -0.39 is 35.6 Å². The van der Waals surface area contributed by atoms with Crippen molar-refractivity contribution in [2.24, 2.45) is 0 Å². The van der Waals surface area contributed by atoms with Gasteiger partial charge in [0.25, 0.3) is 11.7 Å². The minimum Gasteiger partial charge on any atom is -0.507 e. The summed E-state index contributed by atoms with van der Waals surface area (Å²) in [6.07, 6.45) is -4.90. The van der Waals surface area contributed by atoms with Crippen LogP contribution in [0.4, 0.5) is 18.9 Å². The molecule has 0 bridgehead atoms. The van der Waals surface area contributed by atoms with Crippen LogP contribution < -0.4 is 14.4 Å². The Morgan fingerprint density at radius 3 is 2.16 bits per heavy atom. The van der Waals surface area contributed by atoms with E-state index in [1.54, 1.807) is 18.2 Å². The third kappa shape index (κ3) is 5.23. The highest BCUT2D eigenvalue weighted by atomic mass is 35.5. The van der Waals surface area contributed by atoms with Crippen LogP contribution in [0.1, 0.15) is 22.7 Å². The molecule has 1 amide bonds. The summed E-state index contributed by atoms with van der Waals surface area (Å²) in [7, 11) is 1.36. The first kappa shape index (κ1) is 26.4.